The number of carbonyl (C=O) groups excluding carboxylic acids is 2. The van der Waals surface area contributed by atoms with Crippen molar-refractivity contribution in [3.8, 4) is 0 Å². The lowest BCUT2D eigenvalue weighted by atomic mass is 10.1. The number of carbonyl (C=O) groups is 2. The van der Waals surface area contributed by atoms with E-state index in [1.165, 1.54) is 19.1 Å². The Morgan fingerprint density at radius 1 is 1.41 bits per heavy atom. The fourth-order valence-electron chi connectivity index (χ4n) is 2.47. The zero-order chi connectivity index (χ0) is 15.7. The number of hydrogen-bond acceptors (Lipinski definition) is 3. The van der Waals surface area contributed by atoms with E-state index in [0.29, 0.717) is 24.5 Å². The summed E-state index contributed by atoms with van der Waals surface area (Å²) in [5, 5.41) is 9.61. The van der Waals surface area contributed by atoms with Gasteiger partial charge in [-0.05, 0) is 17.7 Å². The average molecular weight is 302 g/mol. The molecular weight excluding hydrogens is 287 g/mol. The highest BCUT2D eigenvalue weighted by molar-refractivity contribution is 5.92. The van der Waals surface area contributed by atoms with Crippen LogP contribution in [-0.2, 0) is 29.1 Å². The lowest BCUT2D eigenvalue weighted by molar-refractivity contribution is -0.129. The molecule has 1 aliphatic rings. The zero-order valence-corrected chi connectivity index (χ0v) is 12.0. The summed E-state index contributed by atoms with van der Waals surface area (Å²) in [5.41, 5.74) is 2.18. The summed E-state index contributed by atoms with van der Waals surface area (Å²) in [6.07, 6.45) is 0.0714. The summed E-state index contributed by atoms with van der Waals surface area (Å²) >= 11 is 0. The number of H-pyrrole nitrogens is 1. The van der Waals surface area contributed by atoms with Gasteiger partial charge in [-0.2, -0.15) is 5.10 Å². The van der Waals surface area contributed by atoms with Gasteiger partial charge in [0.15, 0.2) is 0 Å². The van der Waals surface area contributed by atoms with E-state index in [-0.39, 0.29) is 24.1 Å². The van der Waals surface area contributed by atoms with Gasteiger partial charge in [0, 0.05) is 12.5 Å². The third-order valence-electron chi connectivity index (χ3n) is 3.61. The van der Waals surface area contributed by atoms with Crippen LogP contribution in [0.4, 0.5) is 10.2 Å². The van der Waals surface area contributed by atoms with Crippen molar-refractivity contribution < 1.29 is 14.0 Å². The molecule has 0 saturated heterocycles. The Morgan fingerprint density at radius 2 is 2.23 bits per heavy atom. The summed E-state index contributed by atoms with van der Waals surface area (Å²) in [6, 6.07) is 5.92. The number of benzene rings is 1. The second-order valence-corrected chi connectivity index (χ2v) is 5.25. The first-order chi connectivity index (χ1) is 10.5. The van der Waals surface area contributed by atoms with Crippen molar-refractivity contribution in [2.45, 2.75) is 26.4 Å². The maximum absolute atomic E-state index is 13.1. The van der Waals surface area contributed by atoms with E-state index in [0.717, 1.165) is 11.3 Å². The molecular formula is C15H15FN4O2. The number of nitrogens with one attached hydrogen (secondary N) is 2. The molecule has 1 aromatic heterocycles. The molecule has 0 atom stereocenters. The molecule has 114 valence electrons. The van der Waals surface area contributed by atoms with Gasteiger partial charge >= 0.3 is 0 Å². The first-order valence-corrected chi connectivity index (χ1v) is 6.89. The van der Waals surface area contributed by atoms with Crippen LogP contribution < -0.4 is 5.32 Å². The fourth-order valence-corrected chi connectivity index (χ4v) is 2.47. The van der Waals surface area contributed by atoms with Crippen molar-refractivity contribution in [1.29, 1.82) is 0 Å². The number of aromatic nitrogens is 2. The number of aromatic amines is 1. The predicted molar refractivity (Wildman–Crippen MR) is 77.2 cm³/mol. The summed E-state index contributed by atoms with van der Waals surface area (Å²) in [4.78, 5) is 25.1. The number of fused-ring (bicyclic) bond motifs is 1. The Labute approximate surface area is 126 Å². The minimum atomic E-state index is -0.371. The van der Waals surface area contributed by atoms with Gasteiger partial charge in [0.25, 0.3) is 0 Å². The first kappa shape index (κ1) is 14.2. The molecule has 0 aliphatic carbocycles. The molecule has 2 heterocycles. The van der Waals surface area contributed by atoms with Gasteiger partial charge in [-0.25, -0.2) is 4.39 Å². The van der Waals surface area contributed by atoms with Crippen LogP contribution in [0, 0.1) is 5.82 Å². The molecule has 2 amide bonds. The molecule has 6 nitrogen and oxygen atoms in total. The summed E-state index contributed by atoms with van der Waals surface area (Å²) in [6.45, 7) is 2.37. The summed E-state index contributed by atoms with van der Waals surface area (Å²) in [7, 11) is 0. The van der Waals surface area contributed by atoms with Crippen LogP contribution in [0.1, 0.15) is 23.7 Å². The van der Waals surface area contributed by atoms with Gasteiger partial charge in [0.1, 0.15) is 11.6 Å². The Hall–Kier alpha value is -2.70. The van der Waals surface area contributed by atoms with Gasteiger partial charge < -0.3 is 10.2 Å². The Bertz CT molecular complexity index is 741. The minimum Gasteiger partial charge on any atom is -0.332 e. The molecule has 0 saturated carbocycles. The second-order valence-electron chi connectivity index (χ2n) is 5.25. The first-order valence-electron chi connectivity index (χ1n) is 6.89. The molecule has 1 aliphatic heterocycles. The summed E-state index contributed by atoms with van der Waals surface area (Å²) in [5.74, 6) is -0.168. The third-order valence-corrected chi connectivity index (χ3v) is 3.61. The van der Waals surface area contributed by atoms with Crippen molar-refractivity contribution in [2.24, 2.45) is 0 Å². The second kappa shape index (κ2) is 5.59. The Morgan fingerprint density at radius 3 is 2.95 bits per heavy atom. The molecule has 0 spiro atoms. The maximum atomic E-state index is 13.1. The molecule has 2 aromatic rings. The normalized spacial score (nSPS) is 13.1. The van der Waals surface area contributed by atoms with Gasteiger partial charge in [-0.15, -0.1) is 0 Å². The van der Waals surface area contributed by atoms with E-state index < -0.39 is 0 Å². The lowest BCUT2D eigenvalue weighted by Gasteiger charge is -2.12. The van der Waals surface area contributed by atoms with E-state index in [1.807, 2.05) is 0 Å². The number of halogens is 1. The van der Waals surface area contributed by atoms with Crippen LogP contribution >= 0.6 is 0 Å². The highest BCUT2D eigenvalue weighted by Crippen LogP contribution is 2.27. The zero-order valence-electron chi connectivity index (χ0n) is 12.0. The van der Waals surface area contributed by atoms with Crippen LogP contribution in [-0.4, -0.2) is 26.9 Å². The van der Waals surface area contributed by atoms with Crippen molar-refractivity contribution in [3.63, 3.8) is 0 Å². The molecule has 0 unspecified atom stereocenters. The molecule has 2 N–H and O–H groups in total. The number of anilines is 1. The van der Waals surface area contributed by atoms with Crippen LogP contribution in [0.5, 0.6) is 0 Å². The Balaban J connectivity index is 1.68. The highest BCUT2D eigenvalue weighted by Gasteiger charge is 2.27. The summed E-state index contributed by atoms with van der Waals surface area (Å²) < 4.78 is 13.1. The largest absolute Gasteiger partial charge is 0.332 e. The van der Waals surface area contributed by atoms with Crippen LogP contribution in [0.25, 0.3) is 0 Å². The van der Waals surface area contributed by atoms with Crippen LogP contribution in [0.15, 0.2) is 24.3 Å². The molecule has 22 heavy (non-hydrogen) atoms. The fraction of sp³-hybridized carbons (Fsp3) is 0.267. The Kier molecular flexibility index (Phi) is 3.62. The molecule has 0 bridgehead atoms. The predicted octanol–water partition coefficient (Wildman–Crippen LogP) is 1.59. The van der Waals surface area contributed by atoms with Crippen LogP contribution in [0.2, 0.25) is 0 Å². The SMILES string of the molecule is CC(=O)N1Cc2n[nH]c(NC(=O)Cc3cccc(F)c3)c2C1. The lowest BCUT2D eigenvalue weighted by Crippen LogP contribution is -2.23. The maximum Gasteiger partial charge on any atom is 0.229 e. The van der Waals surface area contributed by atoms with E-state index in [1.54, 1.807) is 17.0 Å². The quantitative estimate of drug-likeness (QED) is 0.904. The van der Waals surface area contributed by atoms with E-state index in [9.17, 15) is 14.0 Å². The van der Waals surface area contributed by atoms with Gasteiger partial charge in [0.2, 0.25) is 11.8 Å². The van der Waals surface area contributed by atoms with Crippen molar-refractivity contribution in [3.05, 3.63) is 46.9 Å². The van der Waals surface area contributed by atoms with Crippen molar-refractivity contribution in [2.75, 3.05) is 5.32 Å². The van der Waals surface area contributed by atoms with Gasteiger partial charge in [0.05, 0.1) is 25.2 Å². The molecule has 3 rings (SSSR count). The van der Waals surface area contributed by atoms with Gasteiger partial charge in [-0.3, -0.25) is 14.7 Å². The molecule has 1 aromatic carbocycles. The molecule has 0 fully saturated rings. The number of hydrogen-bond donors (Lipinski definition) is 2. The van der Waals surface area contributed by atoms with Crippen LogP contribution in [0.3, 0.4) is 0 Å². The standard InChI is InChI=1S/C15H15FN4O2/c1-9(21)20-7-12-13(8-20)18-19-15(12)17-14(22)6-10-3-2-4-11(16)5-10/h2-5H,6-8H2,1H3,(H2,17,18,19,22). The topological polar surface area (TPSA) is 78.1 Å². The van der Waals surface area contributed by atoms with E-state index in [2.05, 4.69) is 15.5 Å². The number of amides is 2. The third kappa shape index (κ3) is 2.83. The monoisotopic (exact) mass is 302 g/mol. The number of rotatable bonds is 3. The molecule has 7 heteroatoms. The van der Waals surface area contributed by atoms with E-state index in [4.69, 9.17) is 0 Å². The highest BCUT2D eigenvalue weighted by atomic mass is 19.1. The number of nitrogens with zero attached hydrogens (tertiary/aromatic N) is 2. The minimum absolute atomic E-state index is 0.0324. The smallest absolute Gasteiger partial charge is 0.229 e. The van der Waals surface area contributed by atoms with E-state index >= 15 is 0 Å². The molecule has 0 radical (unpaired) electrons. The van der Waals surface area contributed by atoms with Crippen molar-refractivity contribution >= 4 is 17.6 Å². The van der Waals surface area contributed by atoms with Gasteiger partial charge in [-0.1, -0.05) is 12.1 Å². The van der Waals surface area contributed by atoms with Crippen molar-refractivity contribution in [1.82, 2.24) is 15.1 Å². The average Bonchev–Trinajstić information content (AvgIpc) is 3.01.